The van der Waals surface area contributed by atoms with Crippen molar-refractivity contribution in [1.82, 2.24) is 4.98 Å². The van der Waals surface area contributed by atoms with Gasteiger partial charge in [-0.25, -0.2) is 4.79 Å². The standard InChI is InChI=1S/C10H12N2O6/c1-6-3-4-7(9(11-6)12(15)16)18-8(5-17-2)10(13)14/h3-4,8H,5H2,1-2H3,(H,13,14). The summed E-state index contributed by atoms with van der Waals surface area (Å²) in [5.41, 5.74) is 0.438. The maximum Gasteiger partial charge on any atom is 0.406 e. The van der Waals surface area contributed by atoms with Crippen molar-refractivity contribution in [1.29, 1.82) is 0 Å². The molecule has 1 heterocycles. The van der Waals surface area contributed by atoms with Gasteiger partial charge in [0.15, 0.2) is 0 Å². The second kappa shape index (κ2) is 5.92. The van der Waals surface area contributed by atoms with Crippen molar-refractivity contribution in [2.24, 2.45) is 0 Å². The monoisotopic (exact) mass is 256 g/mol. The highest BCUT2D eigenvalue weighted by atomic mass is 16.6. The van der Waals surface area contributed by atoms with Gasteiger partial charge in [0.25, 0.3) is 0 Å². The third-order valence-corrected chi connectivity index (χ3v) is 2.01. The number of pyridine rings is 1. The third kappa shape index (κ3) is 3.39. The zero-order chi connectivity index (χ0) is 13.7. The summed E-state index contributed by atoms with van der Waals surface area (Å²) < 4.78 is 9.70. The maximum atomic E-state index is 10.8. The lowest BCUT2D eigenvalue weighted by atomic mass is 10.3. The molecule has 8 nitrogen and oxygen atoms in total. The predicted molar refractivity (Wildman–Crippen MR) is 59.6 cm³/mol. The Bertz CT molecular complexity index is 462. The lowest BCUT2D eigenvalue weighted by Crippen LogP contribution is -2.31. The van der Waals surface area contributed by atoms with E-state index in [9.17, 15) is 14.9 Å². The number of aromatic nitrogens is 1. The van der Waals surface area contributed by atoms with E-state index in [0.29, 0.717) is 5.69 Å². The molecular weight excluding hydrogens is 244 g/mol. The summed E-state index contributed by atoms with van der Waals surface area (Å²) in [4.78, 5) is 24.6. The van der Waals surface area contributed by atoms with Crippen LogP contribution in [0.1, 0.15) is 5.69 Å². The molecule has 0 saturated heterocycles. The van der Waals surface area contributed by atoms with Crippen LogP contribution in [0.25, 0.3) is 0 Å². The average Bonchev–Trinajstić information content (AvgIpc) is 2.30. The Hall–Kier alpha value is -2.22. The summed E-state index contributed by atoms with van der Waals surface area (Å²) in [6.07, 6.45) is -1.32. The van der Waals surface area contributed by atoms with Crippen molar-refractivity contribution in [2.45, 2.75) is 13.0 Å². The Morgan fingerprint density at radius 1 is 1.61 bits per heavy atom. The molecular formula is C10H12N2O6. The van der Waals surface area contributed by atoms with Crippen LogP contribution in [0.2, 0.25) is 0 Å². The van der Waals surface area contributed by atoms with E-state index in [1.54, 1.807) is 6.92 Å². The summed E-state index contributed by atoms with van der Waals surface area (Å²) in [6.45, 7) is 1.36. The molecule has 8 heteroatoms. The van der Waals surface area contributed by atoms with Crippen molar-refractivity contribution in [3.05, 3.63) is 27.9 Å². The molecule has 0 bridgehead atoms. The van der Waals surface area contributed by atoms with E-state index in [1.165, 1.54) is 19.2 Å². The molecule has 1 rings (SSSR count). The summed E-state index contributed by atoms with van der Waals surface area (Å²) >= 11 is 0. The number of carbonyl (C=O) groups is 1. The molecule has 0 spiro atoms. The predicted octanol–water partition coefficient (Wildman–Crippen LogP) is 0.777. The Morgan fingerprint density at radius 2 is 2.28 bits per heavy atom. The highest BCUT2D eigenvalue weighted by Crippen LogP contribution is 2.25. The van der Waals surface area contributed by atoms with Crippen LogP contribution in [0.4, 0.5) is 5.82 Å². The molecule has 1 unspecified atom stereocenters. The number of aryl methyl sites for hydroxylation is 1. The number of aliphatic carboxylic acids is 1. The molecule has 1 aromatic heterocycles. The van der Waals surface area contributed by atoms with Gasteiger partial charge in [-0.2, -0.15) is 0 Å². The molecule has 0 aromatic carbocycles. The van der Waals surface area contributed by atoms with Gasteiger partial charge in [-0.3, -0.25) is 0 Å². The number of ether oxygens (including phenoxy) is 2. The van der Waals surface area contributed by atoms with Crippen LogP contribution in [0, 0.1) is 17.0 Å². The molecule has 0 fully saturated rings. The van der Waals surface area contributed by atoms with E-state index in [2.05, 4.69) is 9.72 Å². The number of nitrogens with zero attached hydrogens (tertiary/aromatic N) is 2. The molecule has 0 aliphatic heterocycles. The first kappa shape index (κ1) is 13.8. The van der Waals surface area contributed by atoms with Crippen LogP contribution in [-0.4, -0.2) is 40.8 Å². The van der Waals surface area contributed by atoms with Crippen molar-refractivity contribution in [3.63, 3.8) is 0 Å². The smallest absolute Gasteiger partial charge is 0.406 e. The van der Waals surface area contributed by atoms with Crippen LogP contribution >= 0.6 is 0 Å². The van der Waals surface area contributed by atoms with Crippen molar-refractivity contribution < 1.29 is 24.3 Å². The Labute approximate surface area is 102 Å². The van der Waals surface area contributed by atoms with Gasteiger partial charge in [0.2, 0.25) is 11.9 Å². The Balaban J connectivity index is 3.01. The van der Waals surface area contributed by atoms with Crippen LogP contribution in [0.15, 0.2) is 12.1 Å². The minimum atomic E-state index is -1.32. The zero-order valence-electron chi connectivity index (χ0n) is 9.82. The van der Waals surface area contributed by atoms with Gasteiger partial charge in [-0.1, -0.05) is 0 Å². The second-order valence-corrected chi connectivity index (χ2v) is 3.43. The molecule has 18 heavy (non-hydrogen) atoms. The van der Waals surface area contributed by atoms with Gasteiger partial charge in [-0.05, 0) is 22.0 Å². The molecule has 0 aliphatic rings. The van der Waals surface area contributed by atoms with E-state index in [0.717, 1.165) is 0 Å². The lowest BCUT2D eigenvalue weighted by Gasteiger charge is -2.13. The highest BCUT2D eigenvalue weighted by Gasteiger charge is 2.25. The van der Waals surface area contributed by atoms with E-state index in [1.807, 2.05) is 0 Å². The van der Waals surface area contributed by atoms with Crippen LogP contribution in [0.3, 0.4) is 0 Å². The molecule has 1 aromatic rings. The molecule has 98 valence electrons. The average molecular weight is 256 g/mol. The van der Waals surface area contributed by atoms with Gasteiger partial charge < -0.3 is 24.7 Å². The van der Waals surface area contributed by atoms with E-state index in [4.69, 9.17) is 9.84 Å². The SMILES string of the molecule is COCC(Oc1ccc(C)nc1[N+](=O)[O-])C(=O)O. The number of rotatable bonds is 6. The number of carboxylic acid groups (broad SMARTS) is 1. The first-order chi connectivity index (χ1) is 8.45. The first-order valence-electron chi connectivity index (χ1n) is 4.96. The number of hydrogen-bond donors (Lipinski definition) is 1. The maximum absolute atomic E-state index is 10.8. The van der Waals surface area contributed by atoms with Gasteiger partial charge in [-0.15, -0.1) is 0 Å². The van der Waals surface area contributed by atoms with Gasteiger partial charge >= 0.3 is 11.8 Å². The van der Waals surface area contributed by atoms with E-state index < -0.39 is 22.8 Å². The van der Waals surface area contributed by atoms with Crippen LogP contribution < -0.4 is 4.74 Å². The van der Waals surface area contributed by atoms with Crippen molar-refractivity contribution in [2.75, 3.05) is 13.7 Å². The molecule has 0 amide bonds. The number of methoxy groups -OCH3 is 1. The zero-order valence-corrected chi connectivity index (χ0v) is 9.82. The molecule has 0 saturated carbocycles. The van der Waals surface area contributed by atoms with Crippen molar-refractivity contribution in [3.8, 4) is 5.75 Å². The van der Waals surface area contributed by atoms with Gasteiger partial charge in [0.05, 0.1) is 6.61 Å². The largest absolute Gasteiger partial charge is 0.478 e. The minimum absolute atomic E-state index is 0.199. The van der Waals surface area contributed by atoms with Crippen molar-refractivity contribution >= 4 is 11.8 Å². The lowest BCUT2D eigenvalue weighted by molar-refractivity contribution is -0.390. The summed E-state index contributed by atoms with van der Waals surface area (Å²) in [5.74, 6) is -1.99. The topological polar surface area (TPSA) is 112 Å². The Kier molecular flexibility index (Phi) is 4.55. The summed E-state index contributed by atoms with van der Waals surface area (Å²) in [5, 5.41) is 19.6. The second-order valence-electron chi connectivity index (χ2n) is 3.43. The Morgan fingerprint density at radius 3 is 2.78 bits per heavy atom. The van der Waals surface area contributed by atoms with Crippen LogP contribution in [-0.2, 0) is 9.53 Å². The number of hydrogen-bond acceptors (Lipinski definition) is 6. The fraction of sp³-hybridized carbons (Fsp3) is 0.400. The number of carboxylic acids is 1. The normalized spacial score (nSPS) is 11.9. The third-order valence-electron chi connectivity index (χ3n) is 2.01. The minimum Gasteiger partial charge on any atom is -0.478 e. The number of nitro groups is 1. The van der Waals surface area contributed by atoms with Crippen LogP contribution in [0.5, 0.6) is 5.75 Å². The summed E-state index contributed by atoms with van der Waals surface area (Å²) in [7, 11) is 1.31. The fourth-order valence-corrected chi connectivity index (χ4v) is 1.21. The summed E-state index contributed by atoms with van der Waals surface area (Å²) in [6, 6.07) is 2.81. The molecule has 0 radical (unpaired) electrons. The highest BCUT2D eigenvalue weighted by molar-refractivity contribution is 5.73. The van der Waals surface area contributed by atoms with Gasteiger partial charge in [0.1, 0.15) is 5.69 Å². The van der Waals surface area contributed by atoms with Gasteiger partial charge in [0, 0.05) is 14.0 Å². The van der Waals surface area contributed by atoms with E-state index in [-0.39, 0.29) is 12.4 Å². The molecule has 1 atom stereocenters. The fourth-order valence-electron chi connectivity index (χ4n) is 1.21. The van der Waals surface area contributed by atoms with E-state index >= 15 is 0 Å². The molecule has 0 aliphatic carbocycles. The first-order valence-corrected chi connectivity index (χ1v) is 4.96. The quantitative estimate of drug-likeness (QED) is 0.591. The molecule has 1 N–H and O–H groups in total.